The summed E-state index contributed by atoms with van der Waals surface area (Å²) in [5.74, 6) is -1.31. The van der Waals surface area contributed by atoms with Crippen molar-refractivity contribution in [2.75, 3.05) is 0 Å². The van der Waals surface area contributed by atoms with E-state index in [1.165, 1.54) is 6.07 Å². The summed E-state index contributed by atoms with van der Waals surface area (Å²) in [6.07, 6.45) is 4.01. The molecule has 90 valence electrons. The Labute approximate surface area is 112 Å². The van der Waals surface area contributed by atoms with E-state index >= 15 is 0 Å². The van der Waals surface area contributed by atoms with Crippen LogP contribution < -0.4 is 5.73 Å². The molecule has 0 aromatic heterocycles. The van der Waals surface area contributed by atoms with Crippen molar-refractivity contribution in [1.29, 1.82) is 0 Å². The third kappa shape index (κ3) is 2.44. The van der Waals surface area contributed by atoms with E-state index in [0.717, 1.165) is 0 Å². The highest BCUT2D eigenvalue weighted by molar-refractivity contribution is 9.10. The lowest BCUT2D eigenvalue weighted by molar-refractivity contribution is 0.0939. The molecule has 0 spiro atoms. The number of halogens is 3. The summed E-state index contributed by atoms with van der Waals surface area (Å²) in [5.41, 5.74) is 5.68. The van der Waals surface area contributed by atoms with Crippen LogP contribution in [-0.4, -0.2) is 11.8 Å². The van der Waals surface area contributed by atoms with Gasteiger partial charge in [-0.1, -0.05) is 23.8 Å². The van der Waals surface area contributed by atoms with Gasteiger partial charge in [-0.2, -0.15) is 0 Å². The molecule has 1 aliphatic rings. The molecule has 0 bridgehead atoms. The lowest BCUT2D eigenvalue weighted by Crippen LogP contribution is -2.19. The Kier molecular flexibility index (Phi) is 3.66. The number of allylic oxidation sites excluding steroid dienone is 1. The summed E-state index contributed by atoms with van der Waals surface area (Å²) in [6, 6.07) is 2.88. The maximum Gasteiger partial charge on any atom is 0.172 e. The Morgan fingerprint density at radius 1 is 1.47 bits per heavy atom. The maximum atomic E-state index is 13.8. The van der Waals surface area contributed by atoms with Crippen molar-refractivity contribution in [1.82, 2.24) is 0 Å². The van der Waals surface area contributed by atoms with Crippen molar-refractivity contribution in [2.45, 2.75) is 12.5 Å². The molecule has 1 aromatic rings. The lowest BCUT2D eigenvalue weighted by Gasteiger charge is -2.10. The average molecular weight is 319 g/mol. The van der Waals surface area contributed by atoms with Gasteiger partial charge in [-0.3, -0.25) is 4.79 Å². The lowest BCUT2D eigenvalue weighted by atomic mass is 9.96. The molecular weight excluding hydrogens is 308 g/mol. The summed E-state index contributed by atoms with van der Waals surface area (Å²) >= 11 is 8.85. The normalized spacial score (nSPS) is 23.1. The molecule has 5 heteroatoms. The van der Waals surface area contributed by atoms with E-state index in [4.69, 9.17) is 17.3 Å². The van der Waals surface area contributed by atoms with Crippen LogP contribution in [0.1, 0.15) is 16.8 Å². The fourth-order valence-corrected chi connectivity index (χ4v) is 2.31. The molecule has 2 atom stereocenters. The predicted octanol–water partition coefficient (Wildman–Crippen LogP) is 3.33. The van der Waals surface area contributed by atoms with E-state index in [-0.39, 0.29) is 28.3 Å². The molecule has 1 aromatic carbocycles. The number of hydrogen-bond donors (Lipinski definition) is 1. The molecule has 0 saturated heterocycles. The fourth-order valence-electron chi connectivity index (χ4n) is 1.84. The quantitative estimate of drug-likeness (QED) is 0.516. The topological polar surface area (TPSA) is 43.1 Å². The highest BCUT2D eigenvalue weighted by atomic mass is 79.9. The van der Waals surface area contributed by atoms with Crippen molar-refractivity contribution >= 4 is 33.3 Å². The Morgan fingerprint density at radius 3 is 2.76 bits per heavy atom. The summed E-state index contributed by atoms with van der Waals surface area (Å²) < 4.78 is 14.3. The van der Waals surface area contributed by atoms with Gasteiger partial charge in [0.2, 0.25) is 0 Å². The number of carbonyl (C=O) groups is 1. The third-order valence-electron chi connectivity index (χ3n) is 2.75. The number of ketones is 1. The van der Waals surface area contributed by atoms with Gasteiger partial charge in [0.25, 0.3) is 0 Å². The van der Waals surface area contributed by atoms with Gasteiger partial charge < -0.3 is 5.73 Å². The van der Waals surface area contributed by atoms with Gasteiger partial charge in [-0.05, 0) is 34.5 Å². The molecule has 0 saturated carbocycles. The first-order valence-corrected chi connectivity index (χ1v) is 6.29. The Morgan fingerprint density at radius 2 is 2.18 bits per heavy atom. The molecule has 17 heavy (non-hydrogen) atoms. The third-order valence-corrected chi connectivity index (χ3v) is 4.01. The second-order valence-corrected chi connectivity index (χ2v) is 5.21. The molecule has 1 aliphatic carbocycles. The molecule has 0 heterocycles. The zero-order valence-electron chi connectivity index (χ0n) is 8.79. The van der Waals surface area contributed by atoms with Gasteiger partial charge in [-0.15, -0.1) is 0 Å². The number of carbonyl (C=O) groups excluding carboxylic acids is 1. The van der Waals surface area contributed by atoms with Crippen LogP contribution in [0.25, 0.3) is 0 Å². The number of Topliss-reactive ketones (excluding diaryl/α,β-unsaturated/α-hetero) is 1. The van der Waals surface area contributed by atoms with Gasteiger partial charge in [-0.25, -0.2) is 4.39 Å². The standard InChI is InChI=1S/C12H10BrClFNO/c13-9-4-3-8(11(15)10(9)14)12(17)6-1-2-7(16)5-6/h1-4,6-7H,5,16H2. The minimum absolute atomic E-state index is 0.0157. The fraction of sp³-hybridized carbons (Fsp3) is 0.250. The zero-order valence-corrected chi connectivity index (χ0v) is 11.1. The van der Waals surface area contributed by atoms with Crippen LogP contribution in [-0.2, 0) is 0 Å². The van der Waals surface area contributed by atoms with Gasteiger partial charge in [0.1, 0.15) is 0 Å². The van der Waals surface area contributed by atoms with Crippen molar-refractivity contribution in [3.05, 3.63) is 45.2 Å². The van der Waals surface area contributed by atoms with Crippen molar-refractivity contribution in [3.63, 3.8) is 0 Å². The maximum absolute atomic E-state index is 13.8. The van der Waals surface area contributed by atoms with Crippen LogP contribution in [0, 0.1) is 11.7 Å². The molecule has 0 aliphatic heterocycles. The summed E-state index contributed by atoms with van der Waals surface area (Å²) in [4.78, 5) is 12.1. The van der Waals surface area contributed by atoms with Crippen molar-refractivity contribution in [3.8, 4) is 0 Å². The van der Waals surface area contributed by atoms with E-state index in [1.54, 1.807) is 18.2 Å². The number of hydrogen-bond acceptors (Lipinski definition) is 2. The average Bonchev–Trinajstić information content (AvgIpc) is 2.72. The number of benzene rings is 1. The van der Waals surface area contributed by atoms with Crippen LogP contribution in [0.3, 0.4) is 0 Å². The van der Waals surface area contributed by atoms with Crippen LogP contribution in [0.5, 0.6) is 0 Å². The second kappa shape index (κ2) is 4.88. The van der Waals surface area contributed by atoms with Gasteiger partial charge in [0.05, 0.1) is 10.6 Å². The first-order chi connectivity index (χ1) is 8.00. The Balaban J connectivity index is 2.32. The zero-order chi connectivity index (χ0) is 12.6. The molecule has 2 unspecified atom stereocenters. The monoisotopic (exact) mass is 317 g/mol. The van der Waals surface area contributed by atoms with E-state index in [1.807, 2.05) is 0 Å². The smallest absolute Gasteiger partial charge is 0.172 e. The first-order valence-electron chi connectivity index (χ1n) is 5.12. The highest BCUT2D eigenvalue weighted by Gasteiger charge is 2.26. The molecule has 2 nitrogen and oxygen atoms in total. The number of nitrogens with two attached hydrogens (primary N) is 1. The number of rotatable bonds is 2. The van der Waals surface area contributed by atoms with Gasteiger partial charge in [0.15, 0.2) is 11.6 Å². The van der Waals surface area contributed by atoms with Crippen LogP contribution >= 0.6 is 27.5 Å². The molecule has 2 N–H and O–H groups in total. The highest BCUT2D eigenvalue weighted by Crippen LogP contribution is 2.30. The minimum Gasteiger partial charge on any atom is -0.324 e. The molecule has 2 rings (SSSR count). The largest absolute Gasteiger partial charge is 0.324 e. The Hall–Kier alpha value is -0.710. The van der Waals surface area contributed by atoms with E-state index in [0.29, 0.717) is 10.9 Å². The second-order valence-electron chi connectivity index (χ2n) is 3.98. The van der Waals surface area contributed by atoms with Crippen molar-refractivity contribution < 1.29 is 9.18 Å². The molecular formula is C12H10BrClFNO. The summed E-state index contributed by atoms with van der Waals surface area (Å²) in [7, 11) is 0. The van der Waals surface area contributed by atoms with Crippen molar-refractivity contribution in [2.24, 2.45) is 11.7 Å². The van der Waals surface area contributed by atoms with Gasteiger partial charge in [0, 0.05) is 16.4 Å². The molecule has 0 fully saturated rings. The SMILES string of the molecule is NC1C=CC(C(=O)c2ccc(Br)c(Cl)c2F)C1. The Bertz CT molecular complexity index is 504. The summed E-state index contributed by atoms with van der Waals surface area (Å²) in [5, 5.41) is -0.0675. The van der Waals surface area contributed by atoms with Gasteiger partial charge >= 0.3 is 0 Å². The van der Waals surface area contributed by atoms with E-state index in [9.17, 15) is 9.18 Å². The predicted molar refractivity (Wildman–Crippen MR) is 68.7 cm³/mol. The molecule has 0 radical (unpaired) electrons. The van der Waals surface area contributed by atoms with Crippen LogP contribution in [0.4, 0.5) is 4.39 Å². The summed E-state index contributed by atoms with van der Waals surface area (Å²) in [6.45, 7) is 0. The van der Waals surface area contributed by atoms with Crippen LogP contribution in [0.2, 0.25) is 5.02 Å². The van der Waals surface area contributed by atoms with Crippen LogP contribution in [0.15, 0.2) is 28.8 Å². The van der Waals surface area contributed by atoms with E-state index in [2.05, 4.69) is 15.9 Å². The minimum atomic E-state index is -0.681. The first kappa shape index (κ1) is 12.7. The van der Waals surface area contributed by atoms with E-state index < -0.39 is 5.82 Å². The molecule has 0 amide bonds.